The van der Waals surface area contributed by atoms with Crippen molar-refractivity contribution in [3.63, 3.8) is 0 Å². The van der Waals surface area contributed by atoms with E-state index in [0.717, 1.165) is 12.1 Å². The van der Waals surface area contributed by atoms with Crippen molar-refractivity contribution in [3.8, 4) is 0 Å². The topological polar surface area (TPSA) is 67.5 Å². The van der Waals surface area contributed by atoms with Crippen LogP contribution in [-0.4, -0.2) is 11.7 Å². The van der Waals surface area contributed by atoms with E-state index in [0.29, 0.717) is 5.92 Å². The molecule has 11 heavy (non-hydrogen) atoms. The number of hydrazone groups is 1. The van der Waals surface area contributed by atoms with E-state index in [9.17, 15) is 4.79 Å². The summed E-state index contributed by atoms with van der Waals surface area (Å²) >= 11 is 0. The Morgan fingerprint density at radius 2 is 2.27 bits per heavy atom. The predicted octanol–water partition coefficient (Wildman–Crippen LogP) is 1.08. The molecule has 4 heteroatoms. The fourth-order valence-electron chi connectivity index (χ4n) is 0.549. The number of rotatable bonds is 3. The molecule has 0 aliphatic carbocycles. The highest BCUT2D eigenvalue weighted by Gasteiger charge is 2.01. The van der Waals surface area contributed by atoms with Crippen molar-refractivity contribution in [1.82, 2.24) is 5.43 Å². The molecule has 0 aromatic rings. The average molecular weight is 157 g/mol. The van der Waals surface area contributed by atoms with E-state index in [1.54, 1.807) is 0 Å². The second kappa shape index (κ2) is 4.71. The van der Waals surface area contributed by atoms with Crippen LogP contribution in [0.1, 0.15) is 27.2 Å². The van der Waals surface area contributed by atoms with Crippen LogP contribution in [0.4, 0.5) is 4.79 Å². The average Bonchev–Trinajstić information content (AvgIpc) is 1.98. The number of hydrogen-bond donors (Lipinski definition) is 2. The summed E-state index contributed by atoms with van der Waals surface area (Å²) in [7, 11) is 0. The molecule has 0 fully saturated rings. The summed E-state index contributed by atoms with van der Waals surface area (Å²) in [5.74, 6) is 0.391. The molecule has 2 amide bonds. The highest BCUT2D eigenvalue weighted by Crippen LogP contribution is 2.01. The molecule has 0 spiro atoms. The summed E-state index contributed by atoms with van der Waals surface area (Å²) in [4.78, 5) is 10.2. The quantitative estimate of drug-likeness (QED) is 0.467. The van der Waals surface area contributed by atoms with Crippen molar-refractivity contribution in [3.05, 3.63) is 0 Å². The largest absolute Gasteiger partial charge is 0.350 e. The lowest BCUT2D eigenvalue weighted by Crippen LogP contribution is -2.26. The van der Waals surface area contributed by atoms with Gasteiger partial charge in [-0.15, -0.1) is 0 Å². The Hall–Kier alpha value is -1.06. The molecule has 0 heterocycles. The number of carbonyl (C=O) groups excluding carboxylic acids is 1. The minimum absolute atomic E-state index is 0.391. The smallest absolute Gasteiger partial charge is 0.332 e. The normalized spacial score (nSPS) is 14.3. The number of amides is 2. The molecule has 0 radical (unpaired) electrons. The lowest BCUT2D eigenvalue weighted by Gasteiger charge is -2.06. The molecule has 0 aromatic carbocycles. The van der Waals surface area contributed by atoms with Crippen LogP contribution in [0.3, 0.4) is 0 Å². The van der Waals surface area contributed by atoms with E-state index in [1.165, 1.54) is 0 Å². The van der Waals surface area contributed by atoms with Gasteiger partial charge in [0.25, 0.3) is 0 Å². The molecule has 0 bridgehead atoms. The van der Waals surface area contributed by atoms with Gasteiger partial charge in [-0.2, -0.15) is 5.10 Å². The number of carbonyl (C=O) groups is 1. The van der Waals surface area contributed by atoms with Crippen LogP contribution >= 0.6 is 0 Å². The predicted molar refractivity (Wildman–Crippen MR) is 45.3 cm³/mol. The summed E-state index contributed by atoms with van der Waals surface area (Å²) in [5, 5.41) is 3.79. The lowest BCUT2D eigenvalue weighted by atomic mass is 10.1. The maximum Gasteiger partial charge on any atom is 0.332 e. The molecule has 1 unspecified atom stereocenters. The van der Waals surface area contributed by atoms with E-state index in [1.807, 2.05) is 13.8 Å². The first kappa shape index (κ1) is 9.94. The third-order valence-electron chi connectivity index (χ3n) is 1.67. The molecule has 0 rings (SSSR count). The van der Waals surface area contributed by atoms with Gasteiger partial charge in [0, 0.05) is 5.71 Å². The molecule has 3 N–H and O–H groups in total. The first-order valence-corrected chi connectivity index (χ1v) is 3.67. The second-order valence-electron chi connectivity index (χ2n) is 2.54. The van der Waals surface area contributed by atoms with Gasteiger partial charge >= 0.3 is 6.03 Å². The fraction of sp³-hybridized carbons (Fsp3) is 0.714. The number of nitrogens with zero attached hydrogens (tertiary/aromatic N) is 1. The Morgan fingerprint density at radius 1 is 1.73 bits per heavy atom. The van der Waals surface area contributed by atoms with Gasteiger partial charge in [0.2, 0.25) is 0 Å². The van der Waals surface area contributed by atoms with Crippen LogP contribution in [0.25, 0.3) is 0 Å². The molecule has 0 saturated carbocycles. The van der Waals surface area contributed by atoms with Crippen molar-refractivity contribution in [2.24, 2.45) is 16.8 Å². The molecule has 1 atom stereocenters. The summed E-state index contributed by atoms with van der Waals surface area (Å²) in [6.07, 6.45) is 1.01. The Labute approximate surface area is 66.8 Å². The monoisotopic (exact) mass is 157 g/mol. The van der Waals surface area contributed by atoms with Crippen molar-refractivity contribution in [1.29, 1.82) is 0 Å². The zero-order chi connectivity index (χ0) is 8.85. The van der Waals surface area contributed by atoms with E-state index in [2.05, 4.69) is 17.5 Å². The van der Waals surface area contributed by atoms with Gasteiger partial charge in [-0.25, -0.2) is 10.2 Å². The van der Waals surface area contributed by atoms with Crippen LogP contribution in [0.2, 0.25) is 0 Å². The molecular formula is C7H15N3O. The van der Waals surface area contributed by atoms with Crippen molar-refractivity contribution in [2.75, 3.05) is 0 Å². The molecular weight excluding hydrogens is 142 g/mol. The molecule has 0 saturated heterocycles. The molecule has 64 valence electrons. The van der Waals surface area contributed by atoms with E-state index in [-0.39, 0.29) is 0 Å². The molecule has 0 aliphatic rings. The standard InChI is InChI=1S/C7H15N3O/c1-4-5(2)6(3)9-10-7(8)11/h5H,4H2,1-3H3,(H3,8,10,11). The Kier molecular flexibility index (Phi) is 4.26. The number of urea groups is 1. The summed E-state index contributed by atoms with van der Waals surface area (Å²) in [5.41, 5.74) is 7.91. The van der Waals surface area contributed by atoms with Gasteiger partial charge in [0.05, 0.1) is 0 Å². The van der Waals surface area contributed by atoms with Crippen LogP contribution in [0, 0.1) is 5.92 Å². The molecule has 4 nitrogen and oxygen atoms in total. The van der Waals surface area contributed by atoms with Crippen molar-refractivity contribution >= 4 is 11.7 Å². The number of nitrogens with two attached hydrogens (primary N) is 1. The first-order chi connectivity index (χ1) is 5.07. The van der Waals surface area contributed by atoms with E-state index in [4.69, 9.17) is 5.73 Å². The first-order valence-electron chi connectivity index (χ1n) is 3.67. The van der Waals surface area contributed by atoms with Gasteiger partial charge in [-0.05, 0) is 19.3 Å². The highest BCUT2D eigenvalue weighted by molar-refractivity contribution is 5.85. The lowest BCUT2D eigenvalue weighted by molar-refractivity contribution is 0.249. The summed E-state index contributed by atoms with van der Waals surface area (Å²) < 4.78 is 0. The van der Waals surface area contributed by atoms with Crippen LogP contribution < -0.4 is 11.2 Å². The highest BCUT2D eigenvalue weighted by atomic mass is 16.2. The zero-order valence-corrected chi connectivity index (χ0v) is 7.22. The number of nitrogens with one attached hydrogen (secondary N) is 1. The Balaban J connectivity index is 3.89. The van der Waals surface area contributed by atoms with Gasteiger partial charge in [0.1, 0.15) is 0 Å². The summed E-state index contributed by atoms with van der Waals surface area (Å²) in [6, 6.07) is -0.618. The maximum atomic E-state index is 10.2. The summed E-state index contributed by atoms with van der Waals surface area (Å²) in [6.45, 7) is 5.97. The van der Waals surface area contributed by atoms with Gasteiger partial charge in [-0.1, -0.05) is 13.8 Å². The molecule has 0 aromatic heterocycles. The minimum atomic E-state index is -0.618. The second-order valence-corrected chi connectivity index (χ2v) is 2.54. The van der Waals surface area contributed by atoms with Crippen molar-refractivity contribution in [2.45, 2.75) is 27.2 Å². The maximum absolute atomic E-state index is 10.2. The Bertz CT molecular complexity index is 165. The van der Waals surface area contributed by atoms with Crippen LogP contribution in [0.15, 0.2) is 5.10 Å². The molecule has 0 aliphatic heterocycles. The van der Waals surface area contributed by atoms with Gasteiger partial charge in [-0.3, -0.25) is 0 Å². The Morgan fingerprint density at radius 3 is 2.64 bits per heavy atom. The minimum Gasteiger partial charge on any atom is -0.350 e. The third-order valence-corrected chi connectivity index (χ3v) is 1.67. The number of primary amides is 1. The fourth-order valence-corrected chi connectivity index (χ4v) is 0.549. The SMILES string of the molecule is CCC(C)C(C)=NNC(N)=O. The zero-order valence-electron chi connectivity index (χ0n) is 7.22. The van der Waals surface area contributed by atoms with Gasteiger partial charge < -0.3 is 5.73 Å². The van der Waals surface area contributed by atoms with Crippen LogP contribution in [-0.2, 0) is 0 Å². The van der Waals surface area contributed by atoms with E-state index < -0.39 is 6.03 Å². The number of hydrogen-bond acceptors (Lipinski definition) is 2. The van der Waals surface area contributed by atoms with Crippen molar-refractivity contribution < 1.29 is 4.79 Å². The van der Waals surface area contributed by atoms with Gasteiger partial charge in [0.15, 0.2) is 0 Å². The van der Waals surface area contributed by atoms with Crippen LogP contribution in [0.5, 0.6) is 0 Å². The third kappa shape index (κ3) is 4.36. The van der Waals surface area contributed by atoms with E-state index >= 15 is 0 Å².